The molecule has 2 N–H and O–H groups in total. The van der Waals surface area contributed by atoms with Gasteiger partial charge in [0.05, 0.1) is 25.5 Å². The van der Waals surface area contributed by atoms with Crippen LogP contribution in [0.4, 0.5) is 10.5 Å². The Balaban J connectivity index is 1.60. The van der Waals surface area contributed by atoms with E-state index in [0.717, 1.165) is 16.9 Å². The molecule has 0 saturated carbocycles. The maximum absolute atomic E-state index is 12.4. The molecule has 3 rings (SSSR count). The highest BCUT2D eigenvalue weighted by Gasteiger charge is 2.22. The van der Waals surface area contributed by atoms with Crippen LogP contribution in [0, 0.1) is 0 Å². The Hall–Kier alpha value is -3.06. The standard InChI is InChI=1S/C21H25N3O4/c1-15(25)24-11-12-28-18(14-24)13-22-21(26)23-20-6-4-3-5-19(20)16-7-9-17(27-2)10-8-16/h3-10,18H,11-14H2,1-2H3,(H2,22,23,26)/t18-/m1/s1. The molecule has 7 nitrogen and oxygen atoms in total. The van der Waals surface area contributed by atoms with Gasteiger partial charge in [-0.25, -0.2) is 4.79 Å². The Labute approximate surface area is 164 Å². The molecule has 1 saturated heterocycles. The SMILES string of the molecule is COc1ccc(-c2ccccc2NC(=O)NC[C@@H]2CN(C(C)=O)CCO2)cc1. The van der Waals surface area contributed by atoms with Crippen molar-refractivity contribution in [2.24, 2.45) is 0 Å². The van der Waals surface area contributed by atoms with E-state index in [1.165, 1.54) is 0 Å². The molecule has 0 radical (unpaired) electrons. The number of nitrogens with zero attached hydrogens (tertiary/aromatic N) is 1. The van der Waals surface area contributed by atoms with Gasteiger partial charge in [-0.2, -0.15) is 0 Å². The summed E-state index contributed by atoms with van der Waals surface area (Å²) in [6, 6.07) is 14.9. The van der Waals surface area contributed by atoms with Crippen molar-refractivity contribution in [2.75, 3.05) is 38.7 Å². The van der Waals surface area contributed by atoms with Gasteiger partial charge in [-0.15, -0.1) is 0 Å². The fraction of sp³-hybridized carbons (Fsp3) is 0.333. The predicted molar refractivity (Wildman–Crippen MR) is 107 cm³/mol. The summed E-state index contributed by atoms with van der Waals surface area (Å²) in [7, 11) is 1.63. The van der Waals surface area contributed by atoms with E-state index in [0.29, 0.717) is 31.9 Å². The Morgan fingerprint density at radius 3 is 2.64 bits per heavy atom. The topological polar surface area (TPSA) is 79.9 Å². The number of urea groups is 1. The lowest BCUT2D eigenvalue weighted by Crippen LogP contribution is -2.49. The highest BCUT2D eigenvalue weighted by atomic mass is 16.5. The summed E-state index contributed by atoms with van der Waals surface area (Å²) in [6.45, 7) is 3.43. The summed E-state index contributed by atoms with van der Waals surface area (Å²) in [5.41, 5.74) is 2.60. The van der Waals surface area contributed by atoms with E-state index in [-0.39, 0.29) is 18.0 Å². The average Bonchev–Trinajstić information content (AvgIpc) is 2.73. The van der Waals surface area contributed by atoms with Crippen molar-refractivity contribution >= 4 is 17.6 Å². The molecule has 1 fully saturated rings. The summed E-state index contributed by atoms with van der Waals surface area (Å²) < 4.78 is 10.8. The van der Waals surface area contributed by atoms with Crippen LogP contribution in [0.5, 0.6) is 5.75 Å². The first-order valence-corrected chi connectivity index (χ1v) is 9.22. The Morgan fingerprint density at radius 2 is 1.93 bits per heavy atom. The summed E-state index contributed by atoms with van der Waals surface area (Å²) in [5, 5.41) is 5.72. The molecule has 2 aromatic carbocycles. The van der Waals surface area contributed by atoms with Gasteiger partial charge in [-0.3, -0.25) is 4.79 Å². The quantitative estimate of drug-likeness (QED) is 0.832. The van der Waals surface area contributed by atoms with Crippen molar-refractivity contribution in [3.63, 3.8) is 0 Å². The monoisotopic (exact) mass is 383 g/mol. The number of hydrogen-bond donors (Lipinski definition) is 2. The number of rotatable bonds is 5. The number of benzene rings is 2. The Morgan fingerprint density at radius 1 is 1.18 bits per heavy atom. The molecule has 1 aliphatic heterocycles. The van der Waals surface area contributed by atoms with Gasteiger partial charge in [-0.05, 0) is 23.8 Å². The average molecular weight is 383 g/mol. The predicted octanol–water partition coefficient (Wildman–Crippen LogP) is 2.73. The molecule has 148 valence electrons. The van der Waals surface area contributed by atoms with E-state index in [9.17, 15) is 9.59 Å². The third-order valence-electron chi connectivity index (χ3n) is 4.65. The third kappa shape index (κ3) is 5.01. The van der Waals surface area contributed by atoms with Crippen LogP contribution in [-0.2, 0) is 9.53 Å². The van der Waals surface area contributed by atoms with Gasteiger partial charge in [-0.1, -0.05) is 30.3 Å². The van der Waals surface area contributed by atoms with E-state index < -0.39 is 0 Å². The van der Waals surface area contributed by atoms with Crippen molar-refractivity contribution in [3.8, 4) is 16.9 Å². The van der Waals surface area contributed by atoms with E-state index in [1.807, 2.05) is 48.5 Å². The normalized spacial score (nSPS) is 16.4. The Bertz CT molecular complexity index is 823. The largest absolute Gasteiger partial charge is 0.497 e. The van der Waals surface area contributed by atoms with Gasteiger partial charge in [0.2, 0.25) is 5.91 Å². The molecule has 3 amide bonds. The fourth-order valence-corrected chi connectivity index (χ4v) is 3.12. The Kier molecular flexibility index (Phi) is 6.49. The number of carbonyl (C=O) groups is 2. The number of hydrogen-bond acceptors (Lipinski definition) is 4. The molecule has 0 spiro atoms. The third-order valence-corrected chi connectivity index (χ3v) is 4.65. The lowest BCUT2D eigenvalue weighted by Gasteiger charge is -2.32. The van der Waals surface area contributed by atoms with Crippen LogP contribution in [0.25, 0.3) is 11.1 Å². The molecule has 7 heteroatoms. The lowest BCUT2D eigenvalue weighted by molar-refractivity contribution is -0.136. The minimum Gasteiger partial charge on any atom is -0.497 e. The molecule has 0 unspecified atom stereocenters. The second-order valence-electron chi connectivity index (χ2n) is 6.57. The van der Waals surface area contributed by atoms with Crippen LogP contribution < -0.4 is 15.4 Å². The molecule has 1 heterocycles. The first-order valence-electron chi connectivity index (χ1n) is 9.22. The highest BCUT2D eigenvalue weighted by molar-refractivity contribution is 5.94. The maximum Gasteiger partial charge on any atom is 0.319 e. The van der Waals surface area contributed by atoms with Crippen molar-refractivity contribution in [3.05, 3.63) is 48.5 Å². The first-order chi connectivity index (χ1) is 13.6. The van der Waals surface area contributed by atoms with E-state index in [1.54, 1.807) is 18.9 Å². The van der Waals surface area contributed by atoms with Gasteiger partial charge in [0, 0.05) is 32.1 Å². The summed E-state index contributed by atoms with van der Waals surface area (Å²) in [5.74, 6) is 0.796. The van der Waals surface area contributed by atoms with Crippen LogP contribution in [0.3, 0.4) is 0 Å². The lowest BCUT2D eigenvalue weighted by atomic mass is 10.0. The van der Waals surface area contributed by atoms with E-state index in [2.05, 4.69) is 10.6 Å². The zero-order valence-electron chi connectivity index (χ0n) is 16.1. The van der Waals surface area contributed by atoms with Crippen LogP contribution in [0.2, 0.25) is 0 Å². The number of amides is 3. The number of ether oxygens (including phenoxy) is 2. The maximum atomic E-state index is 12.4. The zero-order chi connectivity index (χ0) is 19.9. The van der Waals surface area contributed by atoms with Crippen molar-refractivity contribution in [1.29, 1.82) is 0 Å². The molecule has 28 heavy (non-hydrogen) atoms. The van der Waals surface area contributed by atoms with Crippen molar-refractivity contribution in [2.45, 2.75) is 13.0 Å². The molecule has 0 aliphatic carbocycles. The molecule has 0 bridgehead atoms. The molecule has 1 aliphatic rings. The van der Waals surface area contributed by atoms with Gasteiger partial charge < -0.3 is 25.0 Å². The van der Waals surface area contributed by atoms with Gasteiger partial charge >= 0.3 is 6.03 Å². The smallest absolute Gasteiger partial charge is 0.319 e. The first kappa shape index (κ1) is 19.7. The van der Waals surface area contributed by atoms with Gasteiger partial charge in [0.1, 0.15) is 5.75 Å². The minimum absolute atomic E-state index is 0.0196. The zero-order valence-corrected chi connectivity index (χ0v) is 16.1. The fourth-order valence-electron chi connectivity index (χ4n) is 3.12. The second-order valence-corrected chi connectivity index (χ2v) is 6.57. The highest BCUT2D eigenvalue weighted by Crippen LogP contribution is 2.29. The van der Waals surface area contributed by atoms with Crippen LogP contribution in [-0.4, -0.2) is 56.3 Å². The molecular formula is C21H25N3O4. The molecule has 1 atom stereocenters. The number of methoxy groups -OCH3 is 1. The van der Waals surface area contributed by atoms with Crippen molar-refractivity contribution in [1.82, 2.24) is 10.2 Å². The van der Waals surface area contributed by atoms with Crippen LogP contribution in [0.15, 0.2) is 48.5 Å². The number of morpholine rings is 1. The van der Waals surface area contributed by atoms with Gasteiger partial charge in [0.25, 0.3) is 0 Å². The van der Waals surface area contributed by atoms with E-state index in [4.69, 9.17) is 9.47 Å². The number of carbonyl (C=O) groups excluding carboxylic acids is 2. The molecule has 2 aromatic rings. The summed E-state index contributed by atoms with van der Waals surface area (Å²) in [6.07, 6.45) is -0.208. The second kappa shape index (κ2) is 9.23. The molecule has 0 aromatic heterocycles. The number of para-hydroxylation sites is 1. The van der Waals surface area contributed by atoms with Gasteiger partial charge in [0.15, 0.2) is 0 Å². The van der Waals surface area contributed by atoms with Crippen LogP contribution >= 0.6 is 0 Å². The van der Waals surface area contributed by atoms with Crippen LogP contribution in [0.1, 0.15) is 6.92 Å². The van der Waals surface area contributed by atoms with Crippen molar-refractivity contribution < 1.29 is 19.1 Å². The summed E-state index contributed by atoms with van der Waals surface area (Å²) in [4.78, 5) is 25.6. The number of anilines is 1. The number of nitrogens with one attached hydrogen (secondary N) is 2. The van der Waals surface area contributed by atoms with E-state index >= 15 is 0 Å². The minimum atomic E-state index is -0.315. The molecular weight excluding hydrogens is 358 g/mol. The summed E-state index contributed by atoms with van der Waals surface area (Å²) >= 11 is 0.